The van der Waals surface area contributed by atoms with Crippen LogP contribution in [0, 0.1) is 0 Å². The van der Waals surface area contributed by atoms with Crippen molar-refractivity contribution in [3.05, 3.63) is 17.7 Å². The Hall–Kier alpha value is -1.91. The molecule has 0 heterocycles. The van der Waals surface area contributed by atoms with Crippen LogP contribution in [0.4, 0.5) is 5.69 Å². The summed E-state index contributed by atoms with van der Waals surface area (Å²) in [6.07, 6.45) is -0.0948. The van der Waals surface area contributed by atoms with E-state index in [1.807, 2.05) is 27.7 Å². The van der Waals surface area contributed by atoms with E-state index in [9.17, 15) is 4.79 Å². The Morgan fingerprint density at radius 1 is 1.11 bits per heavy atom. The van der Waals surface area contributed by atoms with Crippen LogP contribution < -0.4 is 15.2 Å². The zero-order chi connectivity index (χ0) is 14.6. The third-order valence-electron chi connectivity index (χ3n) is 2.28. The first-order chi connectivity index (χ1) is 8.86. The number of nitrogen functional groups attached to an aromatic ring is 1. The molecule has 1 rings (SSSR count). The Bertz CT molecular complexity index is 455. The number of hydrogen-bond donors (Lipinski definition) is 1. The minimum Gasteiger partial charge on any atom is -0.487 e. The number of rotatable bonds is 5. The molecule has 0 amide bonds. The number of anilines is 1. The molecule has 106 valence electrons. The maximum absolute atomic E-state index is 11.6. The highest BCUT2D eigenvalue weighted by molar-refractivity contribution is 5.97. The van der Waals surface area contributed by atoms with E-state index in [2.05, 4.69) is 4.74 Å². The second-order valence-corrected chi connectivity index (χ2v) is 4.68. The van der Waals surface area contributed by atoms with Gasteiger partial charge in [0.1, 0.15) is 0 Å². The van der Waals surface area contributed by atoms with Gasteiger partial charge in [0.05, 0.1) is 30.6 Å². The van der Waals surface area contributed by atoms with Crippen LogP contribution >= 0.6 is 0 Å². The standard InChI is InChI=1S/C14H21NO4/c1-8(2)18-11-7-6-10(14(16)17-5)12(15)13(11)19-9(3)4/h6-9H,15H2,1-5H3. The summed E-state index contributed by atoms with van der Waals surface area (Å²) in [5.41, 5.74) is 6.49. The first kappa shape index (κ1) is 15.1. The van der Waals surface area contributed by atoms with E-state index in [0.717, 1.165) is 0 Å². The van der Waals surface area contributed by atoms with Crippen molar-refractivity contribution in [3.8, 4) is 11.5 Å². The molecule has 2 N–H and O–H groups in total. The Morgan fingerprint density at radius 2 is 1.68 bits per heavy atom. The predicted octanol–water partition coefficient (Wildman–Crippen LogP) is 2.63. The summed E-state index contributed by atoms with van der Waals surface area (Å²) in [6, 6.07) is 3.24. The highest BCUT2D eigenvalue weighted by atomic mass is 16.5. The Balaban J connectivity index is 3.27. The van der Waals surface area contributed by atoms with Crippen molar-refractivity contribution in [2.24, 2.45) is 0 Å². The van der Waals surface area contributed by atoms with Crippen molar-refractivity contribution in [3.63, 3.8) is 0 Å². The lowest BCUT2D eigenvalue weighted by Gasteiger charge is -2.19. The number of carbonyl (C=O) groups excluding carboxylic acids is 1. The number of hydrogen-bond acceptors (Lipinski definition) is 5. The van der Waals surface area contributed by atoms with Gasteiger partial charge in [0.25, 0.3) is 0 Å². The topological polar surface area (TPSA) is 70.8 Å². The molecule has 0 aromatic heterocycles. The van der Waals surface area contributed by atoms with Crippen molar-refractivity contribution in [2.75, 3.05) is 12.8 Å². The van der Waals surface area contributed by atoms with Crippen LogP contribution in [0.2, 0.25) is 0 Å². The van der Waals surface area contributed by atoms with E-state index in [1.165, 1.54) is 7.11 Å². The molecular weight excluding hydrogens is 246 g/mol. The van der Waals surface area contributed by atoms with E-state index >= 15 is 0 Å². The average molecular weight is 267 g/mol. The molecule has 19 heavy (non-hydrogen) atoms. The van der Waals surface area contributed by atoms with E-state index < -0.39 is 5.97 Å². The lowest BCUT2D eigenvalue weighted by Crippen LogP contribution is -2.14. The molecule has 0 bridgehead atoms. The molecule has 5 nitrogen and oxygen atoms in total. The molecule has 0 radical (unpaired) electrons. The molecule has 5 heteroatoms. The second-order valence-electron chi connectivity index (χ2n) is 4.68. The molecule has 1 aromatic rings. The summed E-state index contributed by atoms with van der Waals surface area (Å²) in [7, 11) is 1.31. The van der Waals surface area contributed by atoms with Crippen LogP contribution in [0.25, 0.3) is 0 Å². The third-order valence-corrected chi connectivity index (χ3v) is 2.28. The fraction of sp³-hybridized carbons (Fsp3) is 0.500. The van der Waals surface area contributed by atoms with Gasteiger partial charge in [-0.1, -0.05) is 0 Å². The molecule has 0 aliphatic carbocycles. The van der Waals surface area contributed by atoms with Gasteiger partial charge in [0, 0.05) is 0 Å². The summed E-state index contributed by atoms with van der Waals surface area (Å²) in [5, 5.41) is 0. The zero-order valence-corrected chi connectivity index (χ0v) is 12.0. The highest BCUT2D eigenvalue weighted by Gasteiger charge is 2.20. The zero-order valence-electron chi connectivity index (χ0n) is 12.0. The van der Waals surface area contributed by atoms with Crippen LogP contribution in [-0.2, 0) is 4.74 Å². The summed E-state index contributed by atoms with van der Waals surface area (Å²) in [4.78, 5) is 11.6. The fourth-order valence-electron chi connectivity index (χ4n) is 1.57. The number of ether oxygens (including phenoxy) is 3. The molecule has 0 spiro atoms. The average Bonchev–Trinajstić information content (AvgIpc) is 2.32. The Morgan fingerprint density at radius 3 is 2.16 bits per heavy atom. The highest BCUT2D eigenvalue weighted by Crippen LogP contribution is 2.37. The molecule has 0 atom stereocenters. The van der Waals surface area contributed by atoms with Gasteiger partial charge in [-0.05, 0) is 39.8 Å². The first-order valence-corrected chi connectivity index (χ1v) is 6.20. The van der Waals surface area contributed by atoms with Gasteiger partial charge in [-0.25, -0.2) is 4.79 Å². The predicted molar refractivity (Wildman–Crippen MR) is 73.7 cm³/mol. The smallest absolute Gasteiger partial charge is 0.340 e. The van der Waals surface area contributed by atoms with E-state index in [1.54, 1.807) is 12.1 Å². The quantitative estimate of drug-likeness (QED) is 0.656. The molecule has 0 aliphatic rings. The van der Waals surface area contributed by atoms with Crippen molar-refractivity contribution in [1.82, 2.24) is 0 Å². The number of benzene rings is 1. The lowest BCUT2D eigenvalue weighted by atomic mass is 10.1. The van der Waals surface area contributed by atoms with Crippen LogP contribution in [0.15, 0.2) is 12.1 Å². The lowest BCUT2D eigenvalue weighted by molar-refractivity contribution is 0.0601. The molecular formula is C14H21NO4. The van der Waals surface area contributed by atoms with Crippen molar-refractivity contribution in [2.45, 2.75) is 39.9 Å². The first-order valence-electron chi connectivity index (χ1n) is 6.20. The second kappa shape index (κ2) is 6.31. The van der Waals surface area contributed by atoms with Crippen LogP contribution in [0.1, 0.15) is 38.1 Å². The molecule has 1 aromatic carbocycles. The van der Waals surface area contributed by atoms with E-state index in [4.69, 9.17) is 15.2 Å². The summed E-state index contributed by atoms with van der Waals surface area (Å²) in [6.45, 7) is 7.57. The summed E-state index contributed by atoms with van der Waals surface area (Å²) in [5.74, 6) is 0.405. The maximum atomic E-state index is 11.6. The molecule has 0 unspecified atom stereocenters. The Labute approximate surface area is 113 Å². The normalized spacial score (nSPS) is 10.7. The van der Waals surface area contributed by atoms with Crippen molar-refractivity contribution < 1.29 is 19.0 Å². The SMILES string of the molecule is COC(=O)c1ccc(OC(C)C)c(OC(C)C)c1N. The number of methoxy groups -OCH3 is 1. The number of carbonyl (C=O) groups is 1. The largest absolute Gasteiger partial charge is 0.487 e. The van der Waals surface area contributed by atoms with Crippen LogP contribution in [0.5, 0.6) is 11.5 Å². The molecule has 0 aliphatic heterocycles. The van der Waals surface area contributed by atoms with Gasteiger partial charge < -0.3 is 19.9 Å². The number of nitrogens with two attached hydrogens (primary N) is 1. The fourth-order valence-corrected chi connectivity index (χ4v) is 1.57. The minimum absolute atomic E-state index is 0.0158. The van der Waals surface area contributed by atoms with Gasteiger partial charge in [0.2, 0.25) is 0 Å². The molecule has 0 fully saturated rings. The van der Waals surface area contributed by atoms with Crippen LogP contribution in [-0.4, -0.2) is 25.3 Å². The van der Waals surface area contributed by atoms with Crippen molar-refractivity contribution in [1.29, 1.82) is 0 Å². The minimum atomic E-state index is -0.498. The van der Waals surface area contributed by atoms with Gasteiger partial charge >= 0.3 is 5.97 Å². The monoisotopic (exact) mass is 267 g/mol. The molecule has 0 saturated carbocycles. The van der Waals surface area contributed by atoms with Gasteiger partial charge in [-0.2, -0.15) is 0 Å². The summed E-state index contributed by atoms with van der Waals surface area (Å²) < 4.78 is 16.0. The Kier molecular flexibility index (Phi) is 5.03. The van der Waals surface area contributed by atoms with Crippen molar-refractivity contribution >= 4 is 11.7 Å². The van der Waals surface area contributed by atoms with Crippen LogP contribution in [0.3, 0.4) is 0 Å². The van der Waals surface area contributed by atoms with E-state index in [-0.39, 0.29) is 23.5 Å². The van der Waals surface area contributed by atoms with Gasteiger partial charge in [-0.3, -0.25) is 0 Å². The maximum Gasteiger partial charge on any atom is 0.340 e. The number of esters is 1. The van der Waals surface area contributed by atoms with Gasteiger partial charge in [-0.15, -0.1) is 0 Å². The molecule has 0 saturated heterocycles. The van der Waals surface area contributed by atoms with E-state index in [0.29, 0.717) is 11.5 Å². The summed E-state index contributed by atoms with van der Waals surface area (Å²) >= 11 is 0. The third kappa shape index (κ3) is 3.77. The van der Waals surface area contributed by atoms with Gasteiger partial charge in [0.15, 0.2) is 11.5 Å².